The van der Waals surface area contributed by atoms with Crippen molar-refractivity contribution in [1.29, 1.82) is 0 Å². The van der Waals surface area contributed by atoms with Crippen LogP contribution in [0.1, 0.15) is 30.1 Å². The summed E-state index contributed by atoms with van der Waals surface area (Å²) in [4.78, 5) is 0. The van der Waals surface area contributed by atoms with Gasteiger partial charge in [-0.1, -0.05) is 30.3 Å². The molecule has 0 aliphatic carbocycles. The van der Waals surface area contributed by atoms with Crippen LogP contribution in [-0.2, 0) is 13.0 Å². The molecule has 1 aromatic carbocycles. The number of piperidine rings is 1. The molecule has 0 unspecified atom stereocenters. The van der Waals surface area contributed by atoms with Gasteiger partial charge in [0, 0.05) is 36.3 Å². The molecule has 1 saturated heterocycles. The molecule has 0 saturated carbocycles. The first-order valence-electron chi connectivity index (χ1n) is 8.00. The minimum atomic E-state index is 0.565. The van der Waals surface area contributed by atoms with Crippen LogP contribution in [0, 0.1) is 0 Å². The van der Waals surface area contributed by atoms with Crippen molar-refractivity contribution in [3.05, 3.63) is 41.6 Å². The summed E-state index contributed by atoms with van der Waals surface area (Å²) in [6, 6.07) is 11.2. The number of nitrogens with zero attached hydrogens (tertiary/aromatic N) is 2. The first kappa shape index (κ1) is 13.0. The predicted molar refractivity (Wildman–Crippen MR) is 84.2 cm³/mol. The third kappa shape index (κ3) is 2.39. The standard InChI is InChI=1S/C17H22N4/c1-2-4-13(5-3-1)17-15-12-19-11-8-16(15)21(20-17)14-6-9-18-10-7-14/h1-5,14,18-19H,6-12H2. The Balaban J connectivity index is 1.79. The summed E-state index contributed by atoms with van der Waals surface area (Å²) in [6.45, 7) is 4.23. The number of benzene rings is 1. The van der Waals surface area contributed by atoms with Gasteiger partial charge in [0.2, 0.25) is 0 Å². The highest BCUT2D eigenvalue weighted by Gasteiger charge is 2.26. The maximum atomic E-state index is 5.03. The van der Waals surface area contributed by atoms with E-state index in [0.29, 0.717) is 6.04 Å². The topological polar surface area (TPSA) is 41.9 Å². The average Bonchev–Trinajstić information content (AvgIpc) is 2.96. The number of hydrogen-bond acceptors (Lipinski definition) is 3. The van der Waals surface area contributed by atoms with Gasteiger partial charge in [0.05, 0.1) is 11.7 Å². The Bertz CT molecular complexity index is 611. The molecular weight excluding hydrogens is 260 g/mol. The van der Waals surface area contributed by atoms with E-state index in [4.69, 9.17) is 5.10 Å². The normalized spacial score (nSPS) is 19.4. The van der Waals surface area contributed by atoms with Crippen LogP contribution >= 0.6 is 0 Å². The van der Waals surface area contributed by atoms with Crippen LogP contribution in [0.15, 0.2) is 30.3 Å². The summed E-state index contributed by atoms with van der Waals surface area (Å²) in [5.74, 6) is 0. The zero-order valence-electron chi connectivity index (χ0n) is 12.3. The molecule has 0 atom stereocenters. The van der Waals surface area contributed by atoms with Crippen molar-refractivity contribution in [2.75, 3.05) is 19.6 Å². The highest BCUT2D eigenvalue weighted by atomic mass is 15.3. The van der Waals surface area contributed by atoms with Gasteiger partial charge in [-0.2, -0.15) is 5.10 Å². The monoisotopic (exact) mass is 282 g/mol. The van der Waals surface area contributed by atoms with E-state index >= 15 is 0 Å². The van der Waals surface area contributed by atoms with E-state index in [1.165, 1.54) is 35.4 Å². The fourth-order valence-corrected chi connectivity index (χ4v) is 3.56. The van der Waals surface area contributed by atoms with Crippen molar-refractivity contribution in [3.8, 4) is 11.3 Å². The number of rotatable bonds is 2. The maximum Gasteiger partial charge on any atom is 0.0971 e. The summed E-state index contributed by atoms with van der Waals surface area (Å²) in [5, 5.41) is 12.0. The Morgan fingerprint density at radius 2 is 1.81 bits per heavy atom. The lowest BCUT2D eigenvalue weighted by Crippen LogP contribution is -2.32. The lowest BCUT2D eigenvalue weighted by molar-refractivity contribution is 0.333. The Labute approximate surface area is 125 Å². The lowest BCUT2D eigenvalue weighted by Gasteiger charge is -2.26. The molecule has 3 heterocycles. The second-order valence-corrected chi connectivity index (χ2v) is 5.99. The Morgan fingerprint density at radius 3 is 2.62 bits per heavy atom. The summed E-state index contributed by atoms with van der Waals surface area (Å²) in [6.07, 6.45) is 3.48. The van der Waals surface area contributed by atoms with Gasteiger partial charge in [-0.15, -0.1) is 0 Å². The van der Waals surface area contributed by atoms with E-state index in [0.717, 1.165) is 32.6 Å². The van der Waals surface area contributed by atoms with Gasteiger partial charge in [0.1, 0.15) is 0 Å². The van der Waals surface area contributed by atoms with Gasteiger partial charge >= 0.3 is 0 Å². The van der Waals surface area contributed by atoms with Crippen molar-refractivity contribution in [2.45, 2.75) is 31.8 Å². The van der Waals surface area contributed by atoms with Crippen molar-refractivity contribution in [1.82, 2.24) is 20.4 Å². The van der Waals surface area contributed by atoms with Gasteiger partial charge in [-0.25, -0.2) is 0 Å². The molecule has 2 aliphatic heterocycles. The quantitative estimate of drug-likeness (QED) is 0.886. The van der Waals surface area contributed by atoms with Gasteiger partial charge in [0.15, 0.2) is 0 Å². The van der Waals surface area contributed by atoms with Crippen LogP contribution in [0.25, 0.3) is 11.3 Å². The molecule has 4 heteroatoms. The first-order valence-corrected chi connectivity index (χ1v) is 8.00. The zero-order valence-corrected chi connectivity index (χ0v) is 12.3. The van der Waals surface area contributed by atoms with Crippen LogP contribution in [0.5, 0.6) is 0 Å². The lowest BCUT2D eigenvalue weighted by atomic mass is 10.0. The Kier molecular flexibility index (Phi) is 3.49. The largest absolute Gasteiger partial charge is 0.317 e. The van der Waals surface area contributed by atoms with Crippen LogP contribution in [-0.4, -0.2) is 29.4 Å². The van der Waals surface area contributed by atoms with Crippen LogP contribution in [0.3, 0.4) is 0 Å². The Hall–Kier alpha value is -1.65. The summed E-state index contributed by atoms with van der Waals surface area (Å²) in [5.41, 5.74) is 5.28. The minimum Gasteiger partial charge on any atom is -0.317 e. The number of aromatic nitrogens is 2. The summed E-state index contributed by atoms with van der Waals surface area (Å²) < 4.78 is 2.35. The van der Waals surface area contributed by atoms with Crippen LogP contribution in [0.2, 0.25) is 0 Å². The van der Waals surface area contributed by atoms with E-state index in [1.54, 1.807) is 0 Å². The first-order chi connectivity index (χ1) is 10.4. The van der Waals surface area contributed by atoms with E-state index < -0.39 is 0 Å². The van der Waals surface area contributed by atoms with Crippen molar-refractivity contribution in [2.24, 2.45) is 0 Å². The molecule has 1 fully saturated rings. The molecule has 110 valence electrons. The predicted octanol–water partition coefficient (Wildman–Crippen LogP) is 2.12. The third-order valence-corrected chi connectivity index (χ3v) is 4.66. The fraction of sp³-hybridized carbons (Fsp3) is 0.471. The average molecular weight is 282 g/mol. The van der Waals surface area contributed by atoms with E-state index in [2.05, 4.69) is 45.6 Å². The molecule has 0 radical (unpaired) electrons. The molecule has 2 N–H and O–H groups in total. The molecule has 2 aliphatic rings. The second-order valence-electron chi connectivity index (χ2n) is 5.99. The molecule has 0 spiro atoms. The fourth-order valence-electron chi connectivity index (χ4n) is 3.56. The van der Waals surface area contributed by atoms with Crippen molar-refractivity contribution in [3.63, 3.8) is 0 Å². The van der Waals surface area contributed by atoms with Gasteiger partial charge in [-0.05, 0) is 25.9 Å². The third-order valence-electron chi connectivity index (χ3n) is 4.66. The van der Waals surface area contributed by atoms with Crippen molar-refractivity contribution >= 4 is 0 Å². The minimum absolute atomic E-state index is 0.565. The SMILES string of the molecule is c1ccc(-c2nn(C3CCNCC3)c3c2CNCC3)cc1. The molecule has 0 amide bonds. The molecule has 21 heavy (non-hydrogen) atoms. The summed E-state index contributed by atoms with van der Waals surface area (Å²) in [7, 11) is 0. The van der Waals surface area contributed by atoms with Crippen LogP contribution in [0.4, 0.5) is 0 Å². The maximum absolute atomic E-state index is 5.03. The number of fused-ring (bicyclic) bond motifs is 1. The molecule has 4 rings (SSSR count). The zero-order chi connectivity index (χ0) is 14.1. The molecule has 0 bridgehead atoms. The smallest absolute Gasteiger partial charge is 0.0971 e. The molecule has 2 aromatic rings. The van der Waals surface area contributed by atoms with Gasteiger partial charge in [0.25, 0.3) is 0 Å². The number of nitrogens with one attached hydrogen (secondary N) is 2. The number of hydrogen-bond donors (Lipinski definition) is 2. The summed E-state index contributed by atoms with van der Waals surface area (Å²) >= 11 is 0. The molecule has 1 aromatic heterocycles. The van der Waals surface area contributed by atoms with E-state index in [-0.39, 0.29) is 0 Å². The van der Waals surface area contributed by atoms with E-state index in [9.17, 15) is 0 Å². The van der Waals surface area contributed by atoms with Crippen LogP contribution < -0.4 is 10.6 Å². The van der Waals surface area contributed by atoms with Crippen molar-refractivity contribution < 1.29 is 0 Å². The molecule has 4 nitrogen and oxygen atoms in total. The van der Waals surface area contributed by atoms with Gasteiger partial charge < -0.3 is 10.6 Å². The van der Waals surface area contributed by atoms with E-state index in [1.807, 2.05) is 0 Å². The second kappa shape index (κ2) is 5.62. The Morgan fingerprint density at radius 1 is 1.00 bits per heavy atom. The highest BCUT2D eigenvalue weighted by Crippen LogP contribution is 2.31. The highest BCUT2D eigenvalue weighted by molar-refractivity contribution is 5.64. The molecular formula is C17H22N4. The van der Waals surface area contributed by atoms with Gasteiger partial charge in [-0.3, -0.25) is 4.68 Å².